The number of carboxylic acid groups (broad SMARTS) is 1. The van der Waals surface area contributed by atoms with Crippen molar-refractivity contribution >= 4 is 5.97 Å². The summed E-state index contributed by atoms with van der Waals surface area (Å²) < 4.78 is 0. The third kappa shape index (κ3) is 3.41. The van der Waals surface area contributed by atoms with Crippen molar-refractivity contribution in [3.05, 3.63) is 66.0 Å². The highest BCUT2D eigenvalue weighted by Gasteiger charge is 2.26. The third-order valence-corrected chi connectivity index (χ3v) is 3.28. The Morgan fingerprint density at radius 1 is 1.21 bits per heavy atom. The zero-order valence-electron chi connectivity index (χ0n) is 10.9. The molecule has 1 N–H and O–H groups in total. The van der Waals surface area contributed by atoms with E-state index in [1.54, 1.807) is 18.5 Å². The molecule has 0 aliphatic rings. The minimum Gasteiger partial charge on any atom is -0.481 e. The van der Waals surface area contributed by atoms with Crippen molar-refractivity contribution in [2.75, 3.05) is 0 Å². The summed E-state index contributed by atoms with van der Waals surface area (Å²) >= 11 is 0. The lowest BCUT2D eigenvalue weighted by Gasteiger charge is -2.20. The molecule has 3 nitrogen and oxygen atoms in total. The zero-order chi connectivity index (χ0) is 13.7. The van der Waals surface area contributed by atoms with E-state index in [1.165, 1.54) is 0 Å². The lowest BCUT2D eigenvalue weighted by Crippen LogP contribution is -2.21. The molecule has 2 atom stereocenters. The summed E-state index contributed by atoms with van der Waals surface area (Å²) in [5.41, 5.74) is 1.92. The summed E-state index contributed by atoms with van der Waals surface area (Å²) in [5, 5.41) is 9.45. The van der Waals surface area contributed by atoms with Gasteiger partial charge in [-0.3, -0.25) is 9.78 Å². The fraction of sp³-hybridized carbons (Fsp3) is 0.250. The zero-order valence-corrected chi connectivity index (χ0v) is 10.9. The second-order valence-electron chi connectivity index (χ2n) is 4.77. The van der Waals surface area contributed by atoms with Gasteiger partial charge >= 0.3 is 5.97 Å². The van der Waals surface area contributed by atoms with Gasteiger partial charge in [0.15, 0.2) is 0 Å². The van der Waals surface area contributed by atoms with Gasteiger partial charge in [0.1, 0.15) is 0 Å². The smallest absolute Gasteiger partial charge is 0.311 e. The number of carbonyl (C=O) groups is 1. The van der Waals surface area contributed by atoms with E-state index in [4.69, 9.17) is 0 Å². The number of hydrogen-bond acceptors (Lipinski definition) is 2. The topological polar surface area (TPSA) is 50.2 Å². The molecule has 0 amide bonds. The van der Waals surface area contributed by atoms with Crippen LogP contribution in [0.5, 0.6) is 0 Å². The number of nitrogens with zero attached hydrogens (tertiary/aromatic N) is 1. The Morgan fingerprint density at radius 2 is 1.95 bits per heavy atom. The molecule has 0 unspecified atom stereocenters. The van der Waals surface area contributed by atoms with Crippen molar-refractivity contribution < 1.29 is 9.90 Å². The first-order chi connectivity index (χ1) is 9.18. The lowest BCUT2D eigenvalue weighted by molar-refractivity contribution is -0.140. The standard InChI is InChI=1S/C16H17NO2/c1-12(10-13-6-3-2-4-7-13)15(16(18)19)14-8-5-9-17-11-14/h2-9,11-12,15H,10H2,1H3,(H,18,19)/t12-,15+/m1/s1. The van der Waals surface area contributed by atoms with Crippen molar-refractivity contribution in [3.63, 3.8) is 0 Å². The predicted octanol–water partition coefficient (Wildman–Crippen LogP) is 3.13. The monoisotopic (exact) mass is 255 g/mol. The van der Waals surface area contributed by atoms with E-state index < -0.39 is 11.9 Å². The second kappa shape index (κ2) is 6.14. The SMILES string of the molecule is C[C@H](Cc1ccccc1)[C@H](C(=O)O)c1cccnc1. The Kier molecular flexibility index (Phi) is 4.29. The molecule has 0 aliphatic heterocycles. The van der Waals surface area contributed by atoms with Gasteiger partial charge in [-0.25, -0.2) is 0 Å². The molecule has 3 heteroatoms. The maximum atomic E-state index is 11.5. The van der Waals surface area contributed by atoms with E-state index in [1.807, 2.05) is 43.3 Å². The van der Waals surface area contributed by atoms with Crippen molar-refractivity contribution in [2.45, 2.75) is 19.3 Å². The first kappa shape index (κ1) is 13.3. The molecule has 0 saturated heterocycles. The average molecular weight is 255 g/mol. The Bertz CT molecular complexity index is 525. The van der Waals surface area contributed by atoms with E-state index in [9.17, 15) is 9.90 Å². The van der Waals surface area contributed by atoms with Crippen LogP contribution in [-0.2, 0) is 11.2 Å². The van der Waals surface area contributed by atoms with Gasteiger partial charge < -0.3 is 5.11 Å². The maximum absolute atomic E-state index is 11.5. The molecule has 1 aromatic heterocycles. The summed E-state index contributed by atoms with van der Waals surface area (Å²) in [7, 11) is 0. The van der Waals surface area contributed by atoms with Gasteiger partial charge in [-0.15, -0.1) is 0 Å². The van der Waals surface area contributed by atoms with E-state index in [-0.39, 0.29) is 5.92 Å². The molecule has 98 valence electrons. The third-order valence-electron chi connectivity index (χ3n) is 3.28. The molecule has 0 fully saturated rings. The van der Waals surface area contributed by atoms with Gasteiger partial charge in [0.25, 0.3) is 0 Å². The molecule has 1 aromatic carbocycles. The van der Waals surface area contributed by atoms with Crippen LogP contribution >= 0.6 is 0 Å². The van der Waals surface area contributed by atoms with Crippen molar-refractivity contribution in [3.8, 4) is 0 Å². The van der Waals surface area contributed by atoms with E-state index in [0.717, 1.165) is 17.5 Å². The Labute approximate surface area is 112 Å². The lowest BCUT2D eigenvalue weighted by atomic mass is 9.84. The predicted molar refractivity (Wildman–Crippen MR) is 73.9 cm³/mol. The maximum Gasteiger partial charge on any atom is 0.311 e. The van der Waals surface area contributed by atoms with Crippen LogP contribution in [0.25, 0.3) is 0 Å². The van der Waals surface area contributed by atoms with Crippen molar-refractivity contribution in [2.24, 2.45) is 5.92 Å². The summed E-state index contributed by atoms with van der Waals surface area (Å²) in [6, 6.07) is 13.6. The molecule has 2 aromatic rings. The minimum absolute atomic E-state index is 0.0177. The van der Waals surface area contributed by atoms with Gasteiger partial charge in [-0.2, -0.15) is 0 Å². The van der Waals surface area contributed by atoms with Gasteiger partial charge in [0.2, 0.25) is 0 Å². The summed E-state index contributed by atoms with van der Waals surface area (Å²) in [6.07, 6.45) is 4.04. The van der Waals surface area contributed by atoms with Crippen LogP contribution in [0.4, 0.5) is 0 Å². The highest BCUT2D eigenvalue weighted by molar-refractivity contribution is 5.76. The highest BCUT2D eigenvalue weighted by atomic mass is 16.4. The van der Waals surface area contributed by atoms with Crippen LogP contribution in [0.15, 0.2) is 54.9 Å². The molecular weight excluding hydrogens is 238 g/mol. The fourth-order valence-electron chi connectivity index (χ4n) is 2.38. The van der Waals surface area contributed by atoms with Crippen LogP contribution in [0.3, 0.4) is 0 Å². The first-order valence-corrected chi connectivity index (χ1v) is 6.35. The molecular formula is C16H17NO2. The molecule has 0 saturated carbocycles. The molecule has 19 heavy (non-hydrogen) atoms. The largest absolute Gasteiger partial charge is 0.481 e. The molecule has 0 aliphatic carbocycles. The van der Waals surface area contributed by atoms with Gasteiger partial charge in [-0.1, -0.05) is 43.3 Å². The normalized spacial score (nSPS) is 13.7. The second-order valence-corrected chi connectivity index (χ2v) is 4.77. The number of hydrogen-bond donors (Lipinski definition) is 1. The van der Waals surface area contributed by atoms with Gasteiger partial charge in [0.05, 0.1) is 5.92 Å². The van der Waals surface area contributed by atoms with Crippen molar-refractivity contribution in [1.82, 2.24) is 4.98 Å². The van der Waals surface area contributed by atoms with E-state index in [0.29, 0.717) is 0 Å². The summed E-state index contributed by atoms with van der Waals surface area (Å²) in [5.74, 6) is -1.30. The number of aromatic nitrogens is 1. The highest BCUT2D eigenvalue weighted by Crippen LogP contribution is 2.27. The number of rotatable bonds is 5. The molecule has 0 radical (unpaired) electrons. The number of pyridine rings is 1. The van der Waals surface area contributed by atoms with Crippen LogP contribution < -0.4 is 0 Å². The van der Waals surface area contributed by atoms with Crippen LogP contribution in [0.2, 0.25) is 0 Å². The van der Waals surface area contributed by atoms with Crippen LogP contribution in [0.1, 0.15) is 24.0 Å². The summed E-state index contributed by atoms with van der Waals surface area (Å²) in [4.78, 5) is 15.5. The Hall–Kier alpha value is -2.16. The van der Waals surface area contributed by atoms with Crippen LogP contribution in [-0.4, -0.2) is 16.1 Å². The molecule has 2 rings (SSSR count). The molecule has 0 spiro atoms. The molecule has 0 bridgehead atoms. The minimum atomic E-state index is -0.795. The fourth-order valence-corrected chi connectivity index (χ4v) is 2.38. The molecule has 1 heterocycles. The quantitative estimate of drug-likeness (QED) is 0.893. The van der Waals surface area contributed by atoms with Crippen LogP contribution in [0, 0.1) is 5.92 Å². The Balaban J connectivity index is 2.18. The van der Waals surface area contributed by atoms with Crippen molar-refractivity contribution in [1.29, 1.82) is 0 Å². The number of carboxylic acids is 1. The number of aliphatic carboxylic acids is 1. The van der Waals surface area contributed by atoms with E-state index >= 15 is 0 Å². The van der Waals surface area contributed by atoms with E-state index in [2.05, 4.69) is 4.98 Å². The van der Waals surface area contributed by atoms with Gasteiger partial charge in [-0.05, 0) is 29.5 Å². The average Bonchev–Trinajstić information content (AvgIpc) is 2.40. The van der Waals surface area contributed by atoms with Gasteiger partial charge in [0, 0.05) is 12.4 Å². The summed E-state index contributed by atoms with van der Waals surface area (Å²) in [6.45, 7) is 1.97. The first-order valence-electron chi connectivity index (χ1n) is 6.35. The Morgan fingerprint density at radius 3 is 2.53 bits per heavy atom. The number of benzene rings is 1.